The summed E-state index contributed by atoms with van der Waals surface area (Å²) in [5.74, 6) is -0.909. The molecular formula is C12H26NaO6P. The molecule has 6 nitrogen and oxygen atoms in total. The van der Waals surface area contributed by atoms with Crippen LogP contribution >= 0.6 is 7.82 Å². The zero-order valence-electron chi connectivity index (χ0n) is 12.6. The second kappa shape index (κ2) is 17.6. The van der Waals surface area contributed by atoms with Crippen molar-refractivity contribution in [3.63, 3.8) is 0 Å². The summed E-state index contributed by atoms with van der Waals surface area (Å²) in [7, 11) is -4.64. The minimum atomic E-state index is -4.64. The van der Waals surface area contributed by atoms with E-state index in [0.29, 0.717) is 0 Å². The summed E-state index contributed by atoms with van der Waals surface area (Å²) in [4.78, 5) is 31.7. The largest absolute Gasteiger partial charge is 1.00 e. The summed E-state index contributed by atoms with van der Waals surface area (Å²) in [5.41, 5.74) is 0. The van der Waals surface area contributed by atoms with Crippen LogP contribution in [0.2, 0.25) is 0 Å². The molecule has 3 N–H and O–H groups in total. The summed E-state index contributed by atoms with van der Waals surface area (Å²) >= 11 is 0. The Morgan fingerprint density at radius 3 is 1.50 bits per heavy atom. The standard InChI is InChI=1S/C12H24O2.Na.H3O4P/c1-2-3-4-5-6-7-8-9-10-11-12(13)14;;1-5(2,3)4/h2-11H2,1H3,(H,13,14);;(H3,1,2,3,4)/q;+1;/p-1. The molecule has 0 heterocycles. The monoisotopic (exact) mass is 320 g/mol. The van der Waals surface area contributed by atoms with Crippen LogP contribution in [0.1, 0.15) is 71.1 Å². The molecule has 0 aliphatic heterocycles. The fourth-order valence-corrected chi connectivity index (χ4v) is 1.58. The molecule has 0 aromatic heterocycles. The number of unbranched alkanes of at least 4 members (excludes halogenated alkanes) is 8. The number of carbonyl (C=O) groups excluding carboxylic acids is 1. The van der Waals surface area contributed by atoms with E-state index in [1.165, 1.54) is 44.9 Å². The SMILES string of the molecule is CCCCCCCCCCCC(=O)[O-].O=P(O)(O)O.[Na+]. The Balaban J connectivity index is -0.000000414. The van der Waals surface area contributed by atoms with Crippen molar-refractivity contribution >= 4 is 13.8 Å². The maximum Gasteiger partial charge on any atom is 1.00 e. The molecule has 0 atom stereocenters. The molecule has 116 valence electrons. The van der Waals surface area contributed by atoms with Gasteiger partial charge in [-0.2, -0.15) is 0 Å². The van der Waals surface area contributed by atoms with Gasteiger partial charge < -0.3 is 24.6 Å². The van der Waals surface area contributed by atoms with Gasteiger partial charge in [-0.15, -0.1) is 0 Å². The molecule has 0 fully saturated rings. The Hall–Kier alpha value is 0.580. The summed E-state index contributed by atoms with van der Waals surface area (Å²) in [6.45, 7) is 2.22. The molecule has 0 amide bonds. The molecule has 0 bridgehead atoms. The number of aliphatic carboxylic acids is 1. The van der Waals surface area contributed by atoms with Gasteiger partial charge in [0.1, 0.15) is 0 Å². The van der Waals surface area contributed by atoms with Crippen LogP contribution in [0.5, 0.6) is 0 Å². The van der Waals surface area contributed by atoms with E-state index in [-0.39, 0.29) is 36.0 Å². The average Bonchev–Trinajstić information content (AvgIpc) is 2.24. The Morgan fingerprint density at radius 2 is 1.20 bits per heavy atom. The van der Waals surface area contributed by atoms with E-state index in [2.05, 4.69) is 6.92 Å². The van der Waals surface area contributed by atoms with Gasteiger partial charge in [0.05, 0.1) is 0 Å². The number of carboxylic acid groups (broad SMARTS) is 1. The van der Waals surface area contributed by atoms with Crippen LogP contribution in [0.3, 0.4) is 0 Å². The first-order chi connectivity index (χ1) is 8.77. The molecule has 0 saturated heterocycles. The number of carboxylic acids is 1. The molecule has 0 aromatic carbocycles. The molecule has 20 heavy (non-hydrogen) atoms. The Kier molecular flexibility index (Phi) is 22.5. The number of hydrogen-bond acceptors (Lipinski definition) is 3. The zero-order chi connectivity index (χ0) is 15.1. The van der Waals surface area contributed by atoms with Crippen molar-refractivity contribution < 1.29 is 58.7 Å². The zero-order valence-corrected chi connectivity index (χ0v) is 15.5. The molecule has 0 aromatic rings. The summed E-state index contributed by atoms with van der Waals surface area (Å²) in [6, 6.07) is 0. The first-order valence-electron chi connectivity index (χ1n) is 6.75. The Labute approximate surface area is 143 Å². The minimum Gasteiger partial charge on any atom is -0.550 e. The van der Waals surface area contributed by atoms with Crippen molar-refractivity contribution in [2.45, 2.75) is 71.1 Å². The quantitative estimate of drug-likeness (QED) is 0.262. The summed E-state index contributed by atoms with van der Waals surface area (Å²) in [5, 5.41) is 10.1. The van der Waals surface area contributed by atoms with Crippen molar-refractivity contribution in [1.29, 1.82) is 0 Å². The Bertz CT molecular complexity index is 248. The predicted molar refractivity (Wildman–Crippen MR) is 71.1 cm³/mol. The molecule has 0 aliphatic carbocycles. The van der Waals surface area contributed by atoms with Crippen LogP contribution in [0.15, 0.2) is 0 Å². The van der Waals surface area contributed by atoms with Crippen molar-refractivity contribution in [1.82, 2.24) is 0 Å². The maximum atomic E-state index is 10.1. The third kappa shape index (κ3) is 42.8. The smallest absolute Gasteiger partial charge is 0.550 e. The molecule has 0 radical (unpaired) electrons. The summed E-state index contributed by atoms with van der Waals surface area (Å²) in [6.07, 6.45) is 11.2. The molecule has 0 spiro atoms. The van der Waals surface area contributed by atoms with Crippen LogP contribution in [0.25, 0.3) is 0 Å². The number of hydrogen-bond donors (Lipinski definition) is 3. The maximum absolute atomic E-state index is 10.1. The molecular weight excluding hydrogens is 294 g/mol. The predicted octanol–water partition coefficient (Wildman–Crippen LogP) is -1.27. The molecule has 0 rings (SSSR count). The van der Waals surface area contributed by atoms with Gasteiger partial charge in [-0.1, -0.05) is 58.3 Å². The van der Waals surface area contributed by atoms with Gasteiger partial charge in [-0.25, -0.2) is 4.57 Å². The first kappa shape index (κ1) is 25.5. The molecule has 0 aliphatic rings. The van der Waals surface area contributed by atoms with Crippen molar-refractivity contribution in [3.05, 3.63) is 0 Å². The minimum absolute atomic E-state index is 0. The van der Waals surface area contributed by atoms with Crippen LogP contribution in [0.4, 0.5) is 0 Å². The molecule has 8 heteroatoms. The number of carbonyl (C=O) groups is 1. The topological polar surface area (TPSA) is 118 Å². The van der Waals surface area contributed by atoms with E-state index in [9.17, 15) is 9.90 Å². The number of rotatable bonds is 10. The third-order valence-corrected chi connectivity index (χ3v) is 2.48. The van der Waals surface area contributed by atoms with E-state index in [1.807, 2.05) is 0 Å². The van der Waals surface area contributed by atoms with Crippen LogP contribution in [0, 0.1) is 0 Å². The summed E-state index contributed by atoms with van der Waals surface area (Å²) < 4.78 is 8.88. The van der Waals surface area contributed by atoms with E-state index >= 15 is 0 Å². The van der Waals surface area contributed by atoms with Gasteiger partial charge in [0.2, 0.25) is 0 Å². The second-order valence-electron chi connectivity index (χ2n) is 4.46. The van der Waals surface area contributed by atoms with Gasteiger partial charge in [0, 0.05) is 5.97 Å². The van der Waals surface area contributed by atoms with E-state index < -0.39 is 13.8 Å². The van der Waals surface area contributed by atoms with Gasteiger partial charge in [-0.3, -0.25) is 0 Å². The normalized spacial score (nSPS) is 10.2. The van der Waals surface area contributed by atoms with E-state index in [0.717, 1.165) is 12.8 Å². The average molecular weight is 320 g/mol. The van der Waals surface area contributed by atoms with Crippen molar-refractivity contribution in [2.75, 3.05) is 0 Å². The van der Waals surface area contributed by atoms with Crippen LogP contribution in [-0.4, -0.2) is 20.6 Å². The fourth-order valence-electron chi connectivity index (χ4n) is 1.58. The first-order valence-corrected chi connectivity index (χ1v) is 8.32. The van der Waals surface area contributed by atoms with Gasteiger partial charge in [0.25, 0.3) is 0 Å². The third-order valence-electron chi connectivity index (χ3n) is 2.48. The van der Waals surface area contributed by atoms with Gasteiger partial charge in [0.15, 0.2) is 0 Å². The fraction of sp³-hybridized carbons (Fsp3) is 0.917. The second-order valence-corrected chi connectivity index (χ2v) is 5.49. The van der Waals surface area contributed by atoms with Gasteiger partial charge >= 0.3 is 37.4 Å². The van der Waals surface area contributed by atoms with E-state index in [1.54, 1.807) is 0 Å². The van der Waals surface area contributed by atoms with Gasteiger partial charge in [-0.05, 0) is 12.8 Å². The van der Waals surface area contributed by atoms with Crippen LogP contribution < -0.4 is 34.7 Å². The molecule has 0 saturated carbocycles. The van der Waals surface area contributed by atoms with Crippen molar-refractivity contribution in [3.8, 4) is 0 Å². The molecule has 0 unspecified atom stereocenters. The van der Waals surface area contributed by atoms with E-state index in [4.69, 9.17) is 19.2 Å². The number of phosphoric acid groups is 1. The Morgan fingerprint density at radius 1 is 0.900 bits per heavy atom. The van der Waals surface area contributed by atoms with Crippen molar-refractivity contribution in [2.24, 2.45) is 0 Å². The van der Waals surface area contributed by atoms with Crippen LogP contribution in [-0.2, 0) is 9.36 Å².